The van der Waals surface area contributed by atoms with E-state index in [1.54, 1.807) is 43.3 Å². The third-order valence-electron chi connectivity index (χ3n) is 3.79. The van der Waals surface area contributed by atoms with Crippen molar-refractivity contribution in [2.24, 2.45) is 0 Å². The average molecular weight is 389 g/mol. The van der Waals surface area contributed by atoms with E-state index in [2.05, 4.69) is 10.6 Å². The monoisotopic (exact) mass is 388 g/mol. The van der Waals surface area contributed by atoms with Gasteiger partial charge in [0.05, 0.1) is 0 Å². The fourth-order valence-corrected chi connectivity index (χ4v) is 2.57. The van der Waals surface area contributed by atoms with E-state index in [0.29, 0.717) is 16.3 Å². The molecule has 2 aromatic carbocycles. The maximum Gasteiger partial charge on any atom is 0.328 e. The first kappa shape index (κ1) is 20.5. The Morgan fingerprint density at radius 3 is 2.52 bits per heavy atom. The smallest absolute Gasteiger partial charge is 0.328 e. The molecule has 0 aliphatic heterocycles. The van der Waals surface area contributed by atoms with Crippen LogP contribution in [0.2, 0.25) is 5.02 Å². The summed E-state index contributed by atoms with van der Waals surface area (Å²) in [6.07, 6.45) is 0. The van der Waals surface area contributed by atoms with Gasteiger partial charge >= 0.3 is 5.97 Å². The number of ether oxygens (including phenoxy) is 1. The van der Waals surface area contributed by atoms with Crippen molar-refractivity contribution >= 4 is 35.1 Å². The van der Waals surface area contributed by atoms with E-state index >= 15 is 0 Å². The number of benzene rings is 2. The zero-order chi connectivity index (χ0) is 20.0. The van der Waals surface area contributed by atoms with Gasteiger partial charge in [-0.1, -0.05) is 29.3 Å². The number of anilines is 1. The Kier molecular flexibility index (Phi) is 6.96. The summed E-state index contributed by atoms with van der Waals surface area (Å²) in [7, 11) is 0. The van der Waals surface area contributed by atoms with Gasteiger partial charge in [-0.05, 0) is 56.7 Å². The lowest BCUT2D eigenvalue weighted by Crippen LogP contribution is -2.40. The summed E-state index contributed by atoms with van der Waals surface area (Å²) in [5.74, 6) is -1.56. The largest absolute Gasteiger partial charge is 0.454 e. The molecular formula is C20H21ClN2O4. The number of aryl methyl sites for hydroxylation is 2. The highest BCUT2D eigenvalue weighted by Crippen LogP contribution is 2.19. The highest BCUT2D eigenvalue weighted by Gasteiger charge is 2.19. The fourth-order valence-electron chi connectivity index (χ4n) is 2.34. The van der Waals surface area contributed by atoms with Gasteiger partial charge in [0.1, 0.15) is 6.04 Å². The molecule has 0 aliphatic carbocycles. The minimum absolute atomic E-state index is 0.385. The van der Waals surface area contributed by atoms with Gasteiger partial charge in [-0.15, -0.1) is 0 Å². The Hall–Kier alpha value is -2.86. The molecule has 0 aromatic heterocycles. The van der Waals surface area contributed by atoms with Crippen LogP contribution < -0.4 is 10.6 Å². The average Bonchev–Trinajstić information content (AvgIpc) is 2.62. The van der Waals surface area contributed by atoms with Crippen molar-refractivity contribution in [3.05, 3.63) is 64.2 Å². The maximum absolute atomic E-state index is 12.1. The summed E-state index contributed by atoms with van der Waals surface area (Å²) in [5.41, 5.74) is 2.76. The number of esters is 1. The third kappa shape index (κ3) is 6.11. The predicted octanol–water partition coefficient (Wildman–Crippen LogP) is 3.26. The van der Waals surface area contributed by atoms with E-state index < -0.39 is 24.5 Å². The SMILES string of the molecule is Cc1cccc(C(=O)N[C@@H](C)C(=O)OCC(=O)Nc2ccc(Cl)cc2C)c1. The van der Waals surface area contributed by atoms with Crippen molar-refractivity contribution in [3.8, 4) is 0 Å². The van der Waals surface area contributed by atoms with Gasteiger partial charge in [-0.3, -0.25) is 9.59 Å². The molecule has 0 radical (unpaired) electrons. The van der Waals surface area contributed by atoms with E-state index in [-0.39, 0.29) is 5.91 Å². The quantitative estimate of drug-likeness (QED) is 0.744. The lowest BCUT2D eigenvalue weighted by Gasteiger charge is -2.14. The van der Waals surface area contributed by atoms with Crippen LogP contribution in [0.3, 0.4) is 0 Å². The van der Waals surface area contributed by atoms with E-state index in [0.717, 1.165) is 11.1 Å². The van der Waals surface area contributed by atoms with E-state index in [4.69, 9.17) is 16.3 Å². The molecule has 0 saturated carbocycles. The van der Waals surface area contributed by atoms with Gasteiger partial charge in [-0.2, -0.15) is 0 Å². The Morgan fingerprint density at radius 1 is 1.11 bits per heavy atom. The van der Waals surface area contributed by atoms with Gasteiger partial charge in [-0.25, -0.2) is 4.79 Å². The first-order chi connectivity index (χ1) is 12.8. The third-order valence-corrected chi connectivity index (χ3v) is 4.02. The number of rotatable bonds is 6. The standard InChI is InChI=1S/C20H21ClN2O4/c1-12-5-4-6-15(9-12)19(25)22-14(3)20(26)27-11-18(24)23-17-8-7-16(21)10-13(17)2/h4-10,14H,11H2,1-3H3,(H,22,25)(H,23,24)/t14-/m0/s1. The molecule has 0 heterocycles. The van der Waals surface area contributed by atoms with E-state index in [1.807, 2.05) is 13.0 Å². The molecule has 142 valence electrons. The van der Waals surface area contributed by atoms with Crippen molar-refractivity contribution in [2.45, 2.75) is 26.8 Å². The molecule has 2 rings (SSSR count). The lowest BCUT2D eigenvalue weighted by molar-refractivity contribution is -0.148. The molecule has 1 atom stereocenters. The van der Waals surface area contributed by atoms with Gasteiger partial charge in [0.2, 0.25) is 0 Å². The van der Waals surface area contributed by atoms with Crippen LogP contribution in [-0.4, -0.2) is 30.4 Å². The summed E-state index contributed by atoms with van der Waals surface area (Å²) in [6, 6.07) is 11.2. The van der Waals surface area contributed by atoms with Crippen LogP contribution in [0.5, 0.6) is 0 Å². The second-order valence-electron chi connectivity index (χ2n) is 6.18. The number of carbonyl (C=O) groups is 3. The summed E-state index contributed by atoms with van der Waals surface area (Å²) in [5, 5.41) is 5.76. The summed E-state index contributed by atoms with van der Waals surface area (Å²) in [6.45, 7) is 4.72. The van der Waals surface area contributed by atoms with Crippen LogP contribution in [0.25, 0.3) is 0 Å². The Labute approximate surface area is 162 Å². The van der Waals surface area contributed by atoms with Crippen molar-refractivity contribution < 1.29 is 19.1 Å². The Morgan fingerprint density at radius 2 is 1.85 bits per heavy atom. The number of carbonyl (C=O) groups excluding carboxylic acids is 3. The van der Waals surface area contributed by atoms with Crippen LogP contribution in [-0.2, 0) is 14.3 Å². The molecular weight excluding hydrogens is 368 g/mol. The van der Waals surface area contributed by atoms with Crippen molar-refractivity contribution in [1.82, 2.24) is 5.32 Å². The lowest BCUT2D eigenvalue weighted by atomic mass is 10.1. The van der Waals surface area contributed by atoms with Gasteiger partial charge in [0.15, 0.2) is 6.61 Å². The zero-order valence-corrected chi connectivity index (χ0v) is 16.1. The summed E-state index contributed by atoms with van der Waals surface area (Å²) in [4.78, 5) is 36.1. The minimum Gasteiger partial charge on any atom is -0.454 e. The molecule has 0 bridgehead atoms. The molecule has 0 unspecified atom stereocenters. The highest BCUT2D eigenvalue weighted by atomic mass is 35.5. The predicted molar refractivity (Wildman–Crippen MR) is 104 cm³/mol. The van der Waals surface area contributed by atoms with E-state index in [1.165, 1.54) is 6.92 Å². The van der Waals surface area contributed by atoms with Crippen molar-refractivity contribution in [3.63, 3.8) is 0 Å². The Balaban J connectivity index is 1.83. The second-order valence-corrected chi connectivity index (χ2v) is 6.62. The number of hydrogen-bond donors (Lipinski definition) is 2. The second kappa shape index (κ2) is 9.19. The fraction of sp³-hybridized carbons (Fsp3) is 0.250. The molecule has 0 fully saturated rings. The van der Waals surface area contributed by atoms with Crippen LogP contribution in [0.1, 0.15) is 28.4 Å². The highest BCUT2D eigenvalue weighted by molar-refractivity contribution is 6.30. The maximum atomic E-state index is 12.1. The molecule has 2 N–H and O–H groups in total. The van der Waals surface area contributed by atoms with Crippen LogP contribution in [0, 0.1) is 13.8 Å². The van der Waals surface area contributed by atoms with Gasteiger partial charge < -0.3 is 15.4 Å². The minimum atomic E-state index is -0.886. The zero-order valence-electron chi connectivity index (χ0n) is 15.3. The van der Waals surface area contributed by atoms with Crippen LogP contribution >= 0.6 is 11.6 Å². The van der Waals surface area contributed by atoms with Gasteiger partial charge in [0.25, 0.3) is 11.8 Å². The van der Waals surface area contributed by atoms with Crippen LogP contribution in [0.4, 0.5) is 5.69 Å². The summed E-state index contributed by atoms with van der Waals surface area (Å²) >= 11 is 5.87. The molecule has 2 aromatic rings. The molecule has 0 spiro atoms. The molecule has 6 nitrogen and oxygen atoms in total. The number of amides is 2. The topological polar surface area (TPSA) is 84.5 Å². The Bertz CT molecular complexity index is 867. The first-order valence-electron chi connectivity index (χ1n) is 8.36. The number of hydrogen-bond acceptors (Lipinski definition) is 4. The van der Waals surface area contributed by atoms with Gasteiger partial charge in [0, 0.05) is 16.3 Å². The number of nitrogens with one attached hydrogen (secondary N) is 2. The molecule has 0 aliphatic rings. The number of halogens is 1. The molecule has 0 saturated heterocycles. The van der Waals surface area contributed by atoms with E-state index in [9.17, 15) is 14.4 Å². The molecule has 7 heteroatoms. The summed E-state index contributed by atoms with van der Waals surface area (Å²) < 4.78 is 4.97. The van der Waals surface area contributed by atoms with Crippen molar-refractivity contribution in [1.29, 1.82) is 0 Å². The van der Waals surface area contributed by atoms with Crippen LogP contribution in [0.15, 0.2) is 42.5 Å². The normalized spacial score (nSPS) is 11.4. The van der Waals surface area contributed by atoms with Crippen molar-refractivity contribution in [2.75, 3.05) is 11.9 Å². The molecule has 27 heavy (non-hydrogen) atoms. The first-order valence-corrected chi connectivity index (χ1v) is 8.74. The molecule has 2 amide bonds.